The predicted molar refractivity (Wildman–Crippen MR) is 65.7 cm³/mol. The Labute approximate surface area is 92.9 Å². The first-order valence-corrected chi connectivity index (χ1v) is 5.72. The summed E-state index contributed by atoms with van der Waals surface area (Å²) in [4.78, 5) is 0. The molecule has 1 atom stereocenters. The van der Waals surface area contributed by atoms with Gasteiger partial charge >= 0.3 is 0 Å². The van der Waals surface area contributed by atoms with Crippen LogP contribution in [0.4, 0.5) is 0 Å². The van der Waals surface area contributed by atoms with Crippen LogP contribution in [0.5, 0.6) is 0 Å². The van der Waals surface area contributed by atoms with Gasteiger partial charge in [-0.2, -0.15) is 0 Å². The van der Waals surface area contributed by atoms with Crippen LogP contribution in [0.1, 0.15) is 24.5 Å². The Morgan fingerprint density at radius 2 is 1.93 bits per heavy atom. The van der Waals surface area contributed by atoms with Crippen LogP contribution in [-0.4, -0.2) is 13.1 Å². The number of hydrogen-bond acceptors (Lipinski definition) is 2. The molecule has 0 radical (unpaired) electrons. The van der Waals surface area contributed by atoms with Crippen molar-refractivity contribution in [2.45, 2.75) is 26.8 Å². The zero-order valence-electron chi connectivity index (χ0n) is 9.79. The highest BCUT2D eigenvalue weighted by Crippen LogP contribution is 2.03. The minimum absolute atomic E-state index is 0.607. The molecule has 2 heteroatoms. The molecule has 2 nitrogen and oxygen atoms in total. The van der Waals surface area contributed by atoms with E-state index in [9.17, 15) is 0 Å². The van der Waals surface area contributed by atoms with Crippen molar-refractivity contribution < 1.29 is 0 Å². The standard InChI is InChI=1S/C13H22N2/c1-3-12(8-14)9-15-10-13-6-4-11(2)5-7-13/h4-7,12,15H,3,8-10,14H2,1-2H3. The quantitative estimate of drug-likeness (QED) is 0.748. The van der Waals surface area contributed by atoms with Gasteiger partial charge in [0.25, 0.3) is 0 Å². The highest BCUT2D eigenvalue weighted by molar-refractivity contribution is 5.20. The van der Waals surface area contributed by atoms with Crippen molar-refractivity contribution in [3.8, 4) is 0 Å². The predicted octanol–water partition coefficient (Wildman–Crippen LogP) is 2.07. The Hall–Kier alpha value is -0.860. The van der Waals surface area contributed by atoms with Crippen molar-refractivity contribution in [1.29, 1.82) is 0 Å². The lowest BCUT2D eigenvalue weighted by atomic mass is 10.1. The van der Waals surface area contributed by atoms with Crippen molar-refractivity contribution >= 4 is 0 Å². The summed E-state index contributed by atoms with van der Waals surface area (Å²) in [6.45, 7) is 7.03. The minimum Gasteiger partial charge on any atom is -0.330 e. The van der Waals surface area contributed by atoms with Crippen LogP contribution in [0.25, 0.3) is 0 Å². The first-order chi connectivity index (χ1) is 7.26. The molecule has 1 unspecified atom stereocenters. The maximum Gasteiger partial charge on any atom is 0.0205 e. The van der Waals surface area contributed by atoms with Gasteiger partial charge in [-0.25, -0.2) is 0 Å². The molecular formula is C13H22N2. The largest absolute Gasteiger partial charge is 0.330 e. The molecule has 0 aliphatic heterocycles. The summed E-state index contributed by atoms with van der Waals surface area (Å²) < 4.78 is 0. The molecular weight excluding hydrogens is 184 g/mol. The molecule has 1 aromatic rings. The molecule has 0 spiro atoms. The van der Waals surface area contributed by atoms with Crippen LogP contribution < -0.4 is 11.1 Å². The van der Waals surface area contributed by atoms with Gasteiger partial charge in [0.2, 0.25) is 0 Å². The lowest BCUT2D eigenvalue weighted by Crippen LogP contribution is -2.27. The molecule has 0 aliphatic carbocycles. The summed E-state index contributed by atoms with van der Waals surface area (Å²) in [5.41, 5.74) is 8.30. The molecule has 0 saturated carbocycles. The molecule has 0 aromatic heterocycles. The van der Waals surface area contributed by atoms with Gasteiger partial charge < -0.3 is 11.1 Å². The zero-order chi connectivity index (χ0) is 11.1. The summed E-state index contributed by atoms with van der Waals surface area (Å²) in [6.07, 6.45) is 1.15. The highest BCUT2D eigenvalue weighted by atomic mass is 14.9. The van der Waals surface area contributed by atoms with Crippen molar-refractivity contribution in [3.05, 3.63) is 35.4 Å². The molecule has 0 saturated heterocycles. The number of benzene rings is 1. The molecule has 0 fully saturated rings. The van der Waals surface area contributed by atoms with Crippen LogP contribution in [0.2, 0.25) is 0 Å². The van der Waals surface area contributed by atoms with E-state index in [1.807, 2.05) is 0 Å². The monoisotopic (exact) mass is 206 g/mol. The molecule has 1 aromatic carbocycles. The maximum absolute atomic E-state index is 5.64. The van der Waals surface area contributed by atoms with Crippen LogP contribution in [-0.2, 0) is 6.54 Å². The number of nitrogens with two attached hydrogens (primary N) is 1. The van der Waals surface area contributed by atoms with E-state index in [1.54, 1.807) is 0 Å². The third-order valence-electron chi connectivity index (χ3n) is 2.79. The smallest absolute Gasteiger partial charge is 0.0205 e. The number of hydrogen-bond donors (Lipinski definition) is 2. The van der Waals surface area contributed by atoms with Crippen molar-refractivity contribution in [3.63, 3.8) is 0 Å². The Morgan fingerprint density at radius 3 is 2.47 bits per heavy atom. The summed E-state index contributed by atoms with van der Waals surface area (Å²) >= 11 is 0. The van der Waals surface area contributed by atoms with Gasteiger partial charge in [-0.3, -0.25) is 0 Å². The lowest BCUT2D eigenvalue weighted by molar-refractivity contribution is 0.471. The first-order valence-electron chi connectivity index (χ1n) is 5.72. The third-order valence-corrected chi connectivity index (χ3v) is 2.79. The third kappa shape index (κ3) is 4.45. The first kappa shape index (κ1) is 12.2. The highest BCUT2D eigenvalue weighted by Gasteiger charge is 2.02. The normalized spacial score (nSPS) is 12.7. The van der Waals surface area contributed by atoms with Gasteiger partial charge in [0, 0.05) is 6.54 Å². The van der Waals surface area contributed by atoms with E-state index >= 15 is 0 Å². The molecule has 84 valence electrons. The summed E-state index contributed by atoms with van der Waals surface area (Å²) in [5, 5.41) is 3.44. The molecule has 3 N–H and O–H groups in total. The number of aryl methyl sites for hydroxylation is 1. The Bertz CT molecular complexity index is 262. The summed E-state index contributed by atoms with van der Waals surface area (Å²) in [6, 6.07) is 8.64. The van der Waals surface area contributed by atoms with E-state index < -0.39 is 0 Å². The van der Waals surface area contributed by atoms with Crippen LogP contribution in [0.15, 0.2) is 24.3 Å². The van der Waals surface area contributed by atoms with Gasteiger partial charge in [-0.05, 0) is 31.5 Å². The van der Waals surface area contributed by atoms with E-state index in [2.05, 4.69) is 43.4 Å². The Balaban J connectivity index is 2.28. The molecule has 0 amide bonds. The minimum atomic E-state index is 0.607. The SMILES string of the molecule is CCC(CN)CNCc1ccc(C)cc1. The second-order valence-electron chi connectivity index (χ2n) is 4.13. The Kier molecular flexibility index (Phi) is 5.37. The fourth-order valence-electron chi connectivity index (χ4n) is 1.52. The molecule has 15 heavy (non-hydrogen) atoms. The van der Waals surface area contributed by atoms with Crippen molar-refractivity contribution in [2.24, 2.45) is 11.7 Å². The lowest BCUT2D eigenvalue weighted by Gasteiger charge is -2.13. The van der Waals surface area contributed by atoms with Crippen LogP contribution in [0.3, 0.4) is 0 Å². The fraction of sp³-hybridized carbons (Fsp3) is 0.538. The van der Waals surface area contributed by atoms with E-state index in [0.717, 1.165) is 26.1 Å². The molecule has 0 heterocycles. The van der Waals surface area contributed by atoms with Gasteiger partial charge in [0.05, 0.1) is 0 Å². The molecule has 0 bridgehead atoms. The average molecular weight is 206 g/mol. The van der Waals surface area contributed by atoms with Gasteiger partial charge in [0.15, 0.2) is 0 Å². The van der Waals surface area contributed by atoms with Gasteiger partial charge in [-0.15, -0.1) is 0 Å². The zero-order valence-corrected chi connectivity index (χ0v) is 9.79. The molecule has 1 rings (SSSR count). The van der Waals surface area contributed by atoms with E-state index in [4.69, 9.17) is 5.73 Å². The van der Waals surface area contributed by atoms with Gasteiger partial charge in [0.1, 0.15) is 0 Å². The van der Waals surface area contributed by atoms with E-state index in [0.29, 0.717) is 5.92 Å². The van der Waals surface area contributed by atoms with Gasteiger partial charge in [-0.1, -0.05) is 43.2 Å². The number of rotatable bonds is 6. The topological polar surface area (TPSA) is 38.0 Å². The fourth-order valence-corrected chi connectivity index (χ4v) is 1.52. The Morgan fingerprint density at radius 1 is 1.27 bits per heavy atom. The van der Waals surface area contributed by atoms with Crippen LogP contribution >= 0.6 is 0 Å². The van der Waals surface area contributed by atoms with E-state index in [-0.39, 0.29) is 0 Å². The van der Waals surface area contributed by atoms with Crippen molar-refractivity contribution in [1.82, 2.24) is 5.32 Å². The second kappa shape index (κ2) is 6.59. The van der Waals surface area contributed by atoms with Crippen LogP contribution in [0, 0.1) is 12.8 Å². The summed E-state index contributed by atoms with van der Waals surface area (Å²) in [5.74, 6) is 0.607. The second-order valence-corrected chi connectivity index (χ2v) is 4.13. The van der Waals surface area contributed by atoms with Crippen molar-refractivity contribution in [2.75, 3.05) is 13.1 Å². The molecule has 0 aliphatic rings. The maximum atomic E-state index is 5.64. The summed E-state index contributed by atoms with van der Waals surface area (Å²) in [7, 11) is 0. The number of nitrogens with one attached hydrogen (secondary N) is 1. The van der Waals surface area contributed by atoms with E-state index in [1.165, 1.54) is 11.1 Å². The average Bonchev–Trinajstić information content (AvgIpc) is 2.27.